The van der Waals surface area contributed by atoms with Crippen LogP contribution in [0.2, 0.25) is 10.0 Å². The SMILES string of the molecule is CCC(=O)OC(C)C(c1ccc(Cl)c(F)c1)c1ccc(Cl)c(F)c1. The maximum absolute atomic E-state index is 13.9. The van der Waals surface area contributed by atoms with Gasteiger partial charge in [0.2, 0.25) is 0 Å². The Bertz CT molecular complexity index is 698. The molecule has 0 amide bonds. The van der Waals surface area contributed by atoms with Crippen LogP contribution in [0.25, 0.3) is 0 Å². The van der Waals surface area contributed by atoms with Crippen molar-refractivity contribution in [3.05, 3.63) is 69.2 Å². The third-order valence-electron chi connectivity index (χ3n) is 3.68. The zero-order valence-electron chi connectivity index (χ0n) is 13.2. The van der Waals surface area contributed by atoms with Crippen LogP contribution >= 0.6 is 23.2 Å². The lowest BCUT2D eigenvalue weighted by atomic mass is 9.87. The van der Waals surface area contributed by atoms with Crippen molar-refractivity contribution in [2.45, 2.75) is 32.3 Å². The molecule has 0 heterocycles. The van der Waals surface area contributed by atoms with Gasteiger partial charge in [-0.2, -0.15) is 0 Å². The van der Waals surface area contributed by atoms with Gasteiger partial charge in [0.1, 0.15) is 17.7 Å². The molecule has 0 saturated carbocycles. The number of ether oxygens (including phenoxy) is 1. The zero-order valence-corrected chi connectivity index (χ0v) is 14.7. The maximum Gasteiger partial charge on any atom is 0.305 e. The quantitative estimate of drug-likeness (QED) is 0.625. The molecule has 0 bridgehead atoms. The van der Waals surface area contributed by atoms with Crippen molar-refractivity contribution in [3.8, 4) is 0 Å². The molecule has 2 aromatic carbocycles. The van der Waals surface area contributed by atoms with Crippen LogP contribution in [0.3, 0.4) is 0 Å². The van der Waals surface area contributed by atoms with Crippen molar-refractivity contribution in [2.24, 2.45) is 0 Å². The first-order valence-corrected chi connectivity index (χ1v) is 8.18. The van der Waals surface area contributed by atoms with Crippen LogP contribution in [-0.4, -0.2) is 12.1 Å². The van der Waals surface area contributed by atoms with E-state index < -0.39 is 29.6 Å². The first kappa shape index (κ1) is 18.7. The topological polar surface area (TPSA) is 26.3 Å². The molecule has 0 radical (unpaired) electrons. The van der Waals surface area contributed by atoms with E-state index >= 15 is 0 Å². The molecular weight excluding hydrogens is 357 g/mol. The van der Waals surface area contributed by atoms with E-state index in [1.165, 1.54) is 24.3 Å². The predicted octanol–water partition coefficient (Wildman–Crippen LogP) is 5.75. The highest BCUT2D eigenvalue weighted by Crippen LogP contribution is 2.33. The Hall–Kier alpha value is -1.65. The number of rotatable bonds is 5. The van der Waals surface area contributed by atoms with E-state index in [0.717, 1.165) is 0 Å². The summed E-state index contributed by atoms with van der Waals surface area (Å²) in [4.78, 5) is 11.6. The summed E-state index contributed by atoms with van der Waals surface area (Å²) in [6.07, 6.45) is -0.417. The molecule has 0 aromatic heterocycles. The summed E-state index contributed by atoms with van der Waals surface area (Å²) >= 11 is 11.5. The smallest absolute Gasteiger partial charge is 0.305 e. The lowest BCUT2D eigenvalue weighted by molar-refractivity contribution is -0.148. The highest BCUT2D eigenvalue weighted by atomic mass is 35.5. The van der Waals surface area contributed by atoms with Crippen molar-refractivity contribution < 1.29 is 18.3 Å². The first-order chi connectivity index (χ1) is 11.3. The van der Waals surface area contributed by atoms with Crippen LogP contribution < -0.4 is 0 Å². The molecule has 24 heavy (non-hydrogen) atoms. The van der Waals surface area contributed by atoms with Crippen molar-refractivity contribution in [3.63, 3.8) is 0 Å². The van der Waals surface area contributed by atoms with Crippen molar-refractivity contribution in [2.75, 3.05) is 0 Å². The number of hydrogen-bond acceptors (Lipinski definition) is 2. The molecule has 0 aliphatic carbocycles. The molecule has 0 aliphatic rings. The molecule has 6 heteroatoms. The molecule has 128 valence electrons. The van der Waals surface area contributed by atoms with E-state index in [1.54, 1.807) is 26.0 Å². The zero-order chi connectivity index (χ0) is 17.9. The monoisotopic (exact) mass is 372 g/mol. The Kier molecular flexibility index (Phi) is 6.19. The van der Waals surface area contributed by atoms with Gasteiger partial charge < -0.3 is 4.74 Å². The highest BCUT2D eigenvalue weighted by molar-refractivity contribution is 6.31. The minimum absolute atomic E-state index is 0.0157. The first-order valence-electron chi connectivity index (χ1n) is 7.42. The summed E-state index contributed by atoms with van der Waals surface area (Å²) in [6, 6.07) is 8.60. The van der Waals surface area contributed by atoms with Crippen LogP contribution in [0.5, 0.6) is 0 Å². The fourth-order valence-corrected chi connectivity index (χ4v) is 2.74. The second-order valence-electron chi connectivity index (χ2n) is 5.37. The van der Waals surface area contributed by atoms with Gasteiger partial charge in [0.05, 0.1) is 10.0 Å². The largest absolute Gasteiger partial charge is 0.462 e. The summed E-state index contributed by atoms with van der Waals surface area (Å²) in [6.45, 7) is 3.35. The normalized spacial score (nSPS) is 12.3. The summed E-state index contributed by atoms with van der Waals surface area (Å²) in [5.74, 6) is -2.14. The second-order valence-corrected chi connectivity index (χ2v) is 6.19. The third-order valence-corrected chi connectivity index (χ3v) is 4.29. The van der Waals surface area contributed by atoms with Gasteiger partial charge in [0, 0.05) is 12.3 Å². The Morgan fingerprint density at radius 3 is 1.88 bits per heavy atom. The minimum Gasteiger partial charge on any atom is -0.462 e. The number of carbonyl (C=O) groups is 1. The number of benzene rings is 2. The minimum atomic E-state index is -0.626. The second kappa shape index (κ2) is 7.95. The van der Waals surface area contributed by atoms with Crippen LogP contribution in [0.15, 0.2) is 36.4 Å². The molecule has 0 aliphatic heterocycles. The molecule has 1 atom stereocenters. The average molecular weight is 373 g/mol. The molecule has 2 nitrogen and oxygen atoms in total. The van der Waals surface area contributed by atoms with Gasteiger partial charge in [-0.25, -0.2) is 8.78 Å². The fourth-order valence-electron chi connectivity index (χ4n) is 2.50. The van der Waals surface area contributed by atoms with Crippen LogP contribution in [0.1, 0.15) is 37.3 Å². The van der Waals surface area contributed by atoms with E-state index in [4.69, 9.17) is 27.9 Å². The standard InChI is InChI=1S/C18H16Cl2F2O2/c1-3-17(23)24-10(2)18(11-4-6-13(19)15(21)8-11)12-5-7-14(20)16(22)9-12/h4-10,18H,3H2,1-2H3. The van der Waals surface area contributed by atoms with E-state index in [9.17, 15) is 13.6 Å². The lowest BCUT2D eigenvalue weighted by Crippen LogP contribution is -2.23. The highest BCUT2D eigenvalue weighted by Gasteiger charge is 2.26. The Balaban J connectivity index is 2.49. The van der Waals surface area contributed by atoms with E-state index in [1.807, 2.05) is 0 Å². The van der Waals surface area contributed by atoms with Crippen LogP contribution in [-0.2, 0) is 9.53 Å². The molecule has 2 rings (SSSR count). The summed E-state index contributed by atoms with van der Waals surface area (Å²) in [7, 11) is 0. The number of hydrogen-bond donors (Lipinski definition) is 0. The van der Waals surface area contributed by atoms with E-state index in [0.29, 0.717) is 11.1 Å². The number of halogens is 4. The number of carbonyl (C=O) groups excluding carboxylic acids is 1. The molecule has 1 unspecified atom stereocenters. The molecule has 0 N–H and O–H groups in total. The Labute approximate surface area is 149 Å². The van der Waals surface area contributed by atoms with Crippen molar-refractivity contribution in [1.29, 1.82) is 0 Å². The third kappa shape index (κ3) is 4.25. The predicted molar refractivity (Wildman–Crippen MR) is 90.5 cm³/mol. The molecular formula is C18H16Cl2F2O2. The molecule has 2 aromatic rings. The van der Waals surface area contributed by atoms with Gasteiger partial charge in [-0.05, 0) is 42.3 Å². The summed E-state index contributed by atoms with van der Waals surface area (Å²) < 4.78 is 33.1. The summed E-state index contributed by atoms with van der Waals surface area (Å²) in [5.41, 5.74) is 1.05. The van der Waals surface area contributed by atoms with Crippen LogP contribution in [0.4, 0.5) is 8.78 Å². The van der Waals surface area contributed by atoms with Gasteiger partial charge in [-0.1, -0.05) is 42.3 Å². The van der Waals surface area contributed by atoms with Gasteiger partial charge in [-0.15, -0.1) is 0 Å². The van der Waals surface area contributed by atoms with Gasteiger partial charge in [0.15, 0.2) is 0 Å². The van der Waals surface area contributed by atoms with Crippen LogP contribution in [0, 0.1) is 11.6 Å². The Morgan fingerprint density at radius 2 is 1.50 bits per heavy atom. The molecule has 0 spiro atoms. The summed E-state index contributed by atoms with van der Waals surface area (Å²) in [5, 5.41) is -0.0315. The fraction of sp³-hybridized carbons (Fsp3) is 0.278. The number of esters is 1. The van der Waals surface area contributed by atoms with E-state index in [-0.39, 0.29) is 16.5 Å². The van der Waals surface area contributed by atoms with Gasteiger partial charge in [-0.3, -0.25) is 4.79 Å². The van der Waals surface area contributed by atoms with Gasteiger partial charge >= 0.3 is 5.97 Å². The van der Waals surface area contributed by atoms with Gasteiger partial charge in [0.25, 0.3) is 0 Å². The molecule has 0 fully saturated rings. The lowest BCUT2D eigenvalue weighted by Gasteiger charge is -2.25. The Morgan fingerprint density at radius 1 is 1.04 bits per heavy atom. The van der Waals surface area contributed by atoms with Crippen molar-refractivity contribution >= 4 is 29.2 Å². The average Bonchev–Trinajstić information content (AvgIpc) is 2.54. The van der Waals surface area contributed by atoms with E-state index in [2.05, 4.69) is 0 Å². The van der Waals surface area contributed by atoms with Crippen molar-refractivity contribution in [1.82, 2.24) is 0 Å². The molecule has 0 saturated heterocycles. The maximum atomic E-state index is 13.9.